The molecule has 53 heavy (non-hydrogen) atoms. The Labute approximate surface area is 335 Å². The molecule has 0 aliphatic heterocycles. The summed E-state index contributed by atoms with van der Waals surface area (Å²) in [7, 11) is 0. The van der Waals surface area contributed by atoms with Gasteiger partial charge in [0.05, 0.1) is 28.6 Å². The maximum atomic E-state index is 7.28. The summed E-state index contributed by atoms with van der Waals surface area (Å²) in [5.41, 5.74) is 10.8. The van der Waals surface area contributed by atoms with Crippen molar-refractivity contribution in [3.8, 4) is 28.3 Å². The van der Waals surface area contributed by atoms with Crippen LogP contribution in [0.25, 0.3) is 61.3 Å². The second kappa shape index (κ2) is 15.2. The first-order chi connectivity index (χ1) is 27.3. The normalized spacial score (nSPS) is 13.8. The van der Waals surface area contributed by atoms with Crippen LogP contribution in [0.4, 0.5) is 0 Å². The predicted octanol–water partition coefficient (Wildman–Crippen LogP) is 12.5. The summed E-state index contributed by atoms with van der Waals surface area (Å²) in [6.07, 6.45) is 5.22. The Balaban J connectivity index is 0.000000236. The molecule has 4 heterocycles. The standard InChI is InChI=1S/C34H34N3O.C13H12N.Ir/c1-20(2)22-13-10-14-23(21(3)4)31(22)37-28-19-35-18-27(34(5,6)7)30(28)36-33(37)26-16-11-15-25-24-12-8-9-17-29(24)38-32(25)26;1-10-3-6-12(7-4-10)13-8-5-11(2)9-14-13;/h8-15,17-21H,1-7H3;3-6,8-9H,1-2H3;/q2*-1;/i;1D3,2D3;. The number of furan rings is 1. The summed E-state index contributed by atoms with van der Waals surface area (Å²) in [4.78, 5) is 14.2. The number of fused-ring (bicyclic) bond motifs is 4. The van der Waals surface area contributed by atoms with Gasteiger partial charge in [0.15, 0.2) is 0 Å². The van der Waals surface area contributed by atoms with E-state index in [1.807, 2.05) is 30.6 Å². The summed E-state index contributed by atoms with van der Waals surface area (Å²) < 4.78 is 52.4. The third-order valence-electron chi connectivity index (χ3n) is 9.36. The fourth-order valence-corrected chi connectivity index (χ4v) is 6.70. The number of hydrogen-bond donors (Lipinski definition) is 0. The molecule has 0 saturated heterocycles. The molecule has 0 fully saturated rings. The van der Waals surface area contributed by atoms with E-state index in [-0.39, 0.29) is 36.6 Å². The smallest absolute Gasteiger partial charge is 0.120 e. The first-order valence-electron chi connectivity index (χ1n) is 20.7. The molecule has 0 spiro atoms. The van der Waals surface area contributed by atoms with E-state index in [0.717, 1.165) is 49.9 Å². The maximum absolute atomic E-state index is 7.28. The topological polar surface area (TPSA) is 56.7 Å². The molecule has 4 aromatic carbocycles. The molecule has 8 rings (SSSR count). The SMILES string of the molecule is CC(C)c1cccc(C(C)C)c1-n1c(-c2[c-]ccc3c2oc2ccccc23)nc2c(C(C)(C)C)cncc21.[2H]C([2H])([2H])c1c[c-]c(-c2ccc(C([2H])([2H])[2H])cn2)cc1.[Ir]. The van der Waals surface area contributed by atoms with Gasteiger partial charge in [0.2, 0.25) is 0 Å². The Morgan fingerprint density at radius 1 is 0.774 bits per heavy atom. The van der Waals surface area contributed by atoms with E-state index >= 15 is 0 Å². The van der Waals surface area contributed by atoms with Crippen LogP contribution in [0.1, 0.15) is 96.3 Å². The average Bonchev–Trinajstić information content (AvgIpc) is 3.75. The zero-order valence-electron chi connectivity index (χ0n) is 37.0. The van der Waals surface area contributed by atoms with Crippen LogP contribution in [0.15, 0.2) is 108 Å². The van der Waals surface area contributed by atoms with Gasteiger partial charge in [-0.25, -0.2) is 0 Å². The van der Waals surface area contributed by atoms with Crippen LogP contribution in [-0.2, 0) is 25.5 Å². The minimum Gasteiger partial charge on any atom is -0.501 e. The molecule has 271 valence electrons. The zero-order valence-corrected chi connectivity index (χ0v) is 33.4. The van der Waals surface area contributed by atoms with Gasteiger partial charge in [-0.1, -0.05) is 115 Å². The van der Waals surface area contributed by atoms with Gasteiger partial charge in [0.1, 0.15) is 5.58 Å². The van der Waals surface area contributed by atoms with Gasteiger partial charge in [-0.05, 0) is 52.6 Å². The van der Waals surface area contributed by atoms with E-state index in [9.17, 15) is 0 Å². The van der Waals surface area contributed by atoms with Crippen LogP contribution in [-0.4, -0.2) is 19.5 Å². The van der Waals surface area contributed by atoms with Crippen LogP contribution in [0.3, 0.4) is 0 Å². The van der Waals surface area contributed by atoms with Crippen molar-refractivity contribution in [3.63, 3.8) is 0 Å². The summed E-state index contributed by atoms with van der Waals surface area (Å²) in [5.74, 6) is 1.50. The van der Waals surface area contributed by atoms with Crippen molar-refractivity contribution in [2.45, 2.75) is 79.4 Å². The van der Waals surface area contributed by atoms with E-state index in [1.54, 1.807) is 12.1 Å². The number of aryl methyl sites for hydroxylation is 2. The van der Waals surface area contributed by atoms with Gasteiger partial charge < -0.3 is 14.0 Å². The van der Waals surface area contributed by atoms with Gasteiger partial charge in [-0.3, -0.25) is 9.97 Å². The minimum absolute atomic E-state index is 0. The third-order valence-corrected chi connectivity index (χ3v) is 9.36. The molecule has 0 amide bonds. The van der Waals surface area contributed by atoms with Gasteiger partial charge in [-0.15, -0.1) is 53.6 Å². The van der Waals surface area contributed by atoms with Gasteiger partial charge >= 0.3 is 0 Å². The molecule has 8 aromatic rings. The van der Waals surface area contributed by atoms with Crippen LogP contribution >= 0.6 is 0 Å². The monoisotopic (exact) mass is 881 g/mol. The molecule has 0 aliphatic rings. The van der Waals surface area contributed by atoms with Crippen molar-refractivity contribution in [1.29, 1.82) is 0 Å². The van der Waals surface area contributed by atoms with E-state index in [4.69, 9.17) is 22.6 Å². The largest absolute Gasteiger partial charge is 0.501 e. The van der Waals surface area contributed by atoms with Crippen molar-refractivity contribution in [3.05, 3.63) is 143 Å². The Hall–Kier alpha value is -4.90. The van der Waals surface area contributed by atoms with Crippen LogP contribution in [0, 0.1) is 25.8 Å². The van der Waals surface area contributed by atoms with E-state index in [1.165, 1.54) is 41.2 Å². The molecule has 4 aromatic heterocycles. The number of hydrogen-bond acceptors (Lipinski definition) is 4. The van der Waals surface area contributed by atoms with E-state index < -0.39 is 13.7 Å². The number of rotatable bonds is 5. The first-order valence-corrected chi connectivity index (χ1v) is 17.7. The van der Waals surface area contributed by atoms with Crippen molar-refractivity contribution >= 4 is 33.0 Å². The Morgan fingerprint density at radius 2 is 1.51 bits per heavy atom. The summed E-state index contributed by atoms with van der Waals surface area (Å²) in [6, 6.07) is 32.9. The van der Waals surface area contributed by atoms with Gasteiger partial charge in [0, 0.05) is 57.4 Å². The average molecular weight is 881 g/mol. The molecule has 0 bridgehead atoms. The van der Waals surface area contributed by atoms with Crippen LogP contribution in [0.5, 0.6) is 0 Å². The molecular weight excluding hydrogens is 829 g/mol. The summed E-state index contributed by atoms with van der Waals surface area (Å²) in [5, 5.41) is 2.17. The number of pyridine rings is 2. The van der Waals surface area contributed by atoms with Crippen LogP contribution < -0.4 is 0 Å². The Bertz CT molecular complexity index is 2660. The number of para-hydroxylation sites is 2. The van der Waals surface area contributed by atoms with Gasteiger partial charge in [-0.2, -0.15) is 0 Å². The molecule has 0 atom stereocenters. The molecule has 5 nitrogen and oxygen atoms in total. The van der Waals surface area contributed by atoms with E-state index in [0.29, 0.717) is 23.1 Å². The minimum atomic E-state index is -2.18. The number of nitrogens with zero attached hydrogens (tertiary/aromatic N) is 4. The molecule has 0 unspecified atom stereocenters. The molecule has 0 aliphatic carbocycles. The van der Waals surface area contributed by atoms with E-state index in [2.05, 4.69) is 107 Å². The molecule has 1 radical (unpaired) electrons. The fraction of sp³-hybridized carbons (Fsp3) is 0.255. The number of aromatic nitrogens is 4. The molecule has 0 N–H and O–H groups in total. The molecule has 6 heteroatoms. The Kier molecular flexibility index (Phi) is 8.77. The second-order valence-electron chi connectivity index (χ2n) is 14.8. The van der Waals surface area contributed by atoms with Crippen molar-refractivity contribution in [2.24, 2.45) is 0 Å². The second-order valence-corrected chi connectivity index (χ2v) is 14.8. The van der Waals surface area contributed by atoms with Crippen molar-refractivity contribution < 1.29 is 32.7 Å². The third kappa shape index (κ3) is 7.36. The number of benzene rings is 4. The molecule has 0 saturated carbocycles. The van der Waals surface area contributed by atoms with Crippen LogP contribution in [0.2, 0.25) is 0 Å². The summed E-state index contributed by atoms with van der Waals surface area (Å²) >= 11 is 0. The molecular formula is C47H46IrN4O-2. The number of imidazole rings is 1. The zero-order chi connectivity index (χ0) is 41.7. The fourth-order valence-electron chi connectivity index (χ4n) is 6.70. The summed E-state index contributed by atoms with van der Waals surface area (Å²) in [6.45, 7) is 11.3. The Morgan fingerprint density at radius 3 is 2.15 bits per heavy atom. The first kappa shape index (κ1) is 30.5. The van der Waals surface area contributed by atoms with Crippen molar-refractivity contribution in [2.75, 3.05) is 0 Å². The van der Waals surface area contributed by atoms with Crippen molar-refractivity contribution in [1.82, 2.24) is 19.5 Å². The predicted molar refractivity (Wildman–Crippen MR) is 215 cm³/mol. The quantitative estimate of drug-likeness (QED) is 0.162. The van der Waals surface area contributed by atoms with Gasteiger partial charge in [0.25, 0.3) is 0 Å². The maximum Gasteiger partial charge on any atom is 0.120 e.